The molecule has 0 unspecified atom stereocenters. The van der Waals surface area contributed by atoms with Gasteiger partial charge in [0, 0.05) is 0 Å². The minimum atomic E-state index is -4.70. The number of hydrogen-bond donors (Lipinski definition) is 0. The van der Waals surface area contributed by atoms with Crippen LogP contribution in [0.15, 0.2) is 78.9 Å². The van der Waals surface area contributed by atoms with Crippen LogP contribution < -0.4 is 0 Å². The monoisotopic (exact) mass is 464 g/mol. The van der Waals surface area contributed by atoms with Crippen LogP contribution in [0.3, 0.4) is 0 Å². The quantitative estimate of drug-likeness (QED) is 0.180. The van der Waals surface area contributed by atoms with Crippen LogP contribution >= 0.6 is 0 Å². The number of halogens is 4. The zero-order valence-electron chi connectivity index (χ0n) is 19.3. The van der Waals surface area contributed by atoms with E-state index in [9.17, 15) is 17.6 Å². The highest BCUT2D eigenvalue weighted by Gasteiger charge is 2.33. The van der Waals surface area contributed by atoms with Crippen molar-refractivity contribution in [2.24, 2.45) is 0 Å². The summed E-state index contributed by atoms with van der Waals surface area (Å²) in [5.74, 6) is -1.26. The molecule has 0 nitrogen and oxygen atoms in total. The Balaban J connectivity index is 1.49. The number of rotatable bonds is 8. The zero-order chi connectivity index (χ0) is 24.1. The van der Waals surface area contributed by atoms with Crippen molar-refractivity contribution < 1.29 is 17.6 Å². The fraction of sp³-hybridized carbons (Fsp3) is 0.267. The Hall–Kier alpha value is -3.14. The summed E-state index contributed by atoms with van der Waals surface area (Å²) in [4.78, 5) is 0. The first-order valence-electron chi connectivity index (χ1n) is 11.9. The molecule has 4 aromatic carbocycles. The first-order chi connectivity index (χ1) is 16.3. The minimum absolute atomic E-state index is 0.415. The molecule has 0 bridgehead atoms. The second-order valence-corrected chi connectivity index (χ2v) is 8.83. The second kappa shape index (κ2) is 10.4. The molecule has 0 saturated heterocycles. The van der Waals surface area contributed by atoms with Gasteiger partial charge in [-0.05, 0) is 69.6 Å². The number of benzene rings is 4. The van der Waals surface area contributed by atoms with Gasteiger partial charge >= 0.3 is 6.18 Å². The molecule has 0 aliphatic carbocycles. The third-order valence-electron chi connectivity index (χ3n) is 6.30. The van der Waals surface area contributed by atoms with Crippen molar-refractivity contribution in [3.63, 3.8) is 0 Å². The molecule has 4 heteroatoms. The van der Waals surface area contributed by atoms with Crippen LogP contribution in [0, 0.1) is 5.82 Å². The van der Waals surface area contributed by atoms with E-state index in [1.807, 2.05) is 24.3 Å². The molecule has 0 amide bonds. The summed E-state index contributed by atoms with van der Waals surface area (Å²) in [5.41, 5.74) is 3.26. The van der Waals surface area contributed by atoms with Gasteiger partial charge in [-0.2, -0.15) is 13.2 Å². The molecule has 0 N–H and O–H groups in total. The maximum absolute atomic E-state index is 14.0. The fourth-order valence-electron chi connectivity index (χ4n) is 4.34. The average Bonchev–Trinajstić information content (AvgIpc) is 2.83. The largest absolute Gasteiger partial charge is 0.419 e. The summed E-state index contributed by atoms with van der Waals surface area (Å²) >= 11 is 0. The molecule has 0 spiro atoms. The lowest BCUT2D eigenvalue weighted by Crippen LogP contribution is -2.07. The van der Waals surface area contributed by atoms with Crippen molar-refractivity contribution in [2.75, 3.05) is 0 Å². The van der Waals surface area contributed by atoms with Crippen LogP contribution in [0.1, 0.15) is 50.2 Å². The molecular formula is C30H28F4. The highest BCUT2D eigenvalue weighted by Crippen LogP contribution is 2.34. The van der Waals surface area contributed by atoms with Gasteiger partial charge in [-0.1, -0.05) is 93.3 Å². The van der Waals surface area contributed by atoms with Gasteiger partial charge in [0.25, 0.3) is 0 Å². The number of unbranched alkanes of at least 4 members (excludes halogenated alkanes) is 4. The molecule has 0 aliphatic heterocycles. The van der Waals surface area contributed by atoms with E-state index in [1.165, 1.54) is 54.5 Å². The highest BCUT2D eigenvalue weighted by molar-refractivity contribution is 5.88. The minimum Gasteiger partial charge on any atom is -0.206 e. The van der Waals surface area contributed by atoms with Gasteiger partial charge in [0.2, 0.25) is 0 Å². The first kappa shape index (κ1) is 24.0. The molecule has 4 rings (SSSR count). The molecular weight excluding hydrogens is 436 g/mol. The maximum atomic E-state index is 14.0. The summed E-state index contributed by atoms with van der Waals surface area (Å²) in [6.07, 6.45) is 2.78. The topological polar surface area (TPSA) is 0 Å². The summed E-state index contributed by atoms with van der Waals surface area (Å²) in [7, 11) is 0. The Kier molecular flexibility index (Phi) is 7.35. The van der Waals surface area contributed by atoms with Crippen LogP contribution in [0.4, 0.5) is 17.6 Å². The predicted molar refractivity (Wildman–Crippen MR) is 132 cm³/mol. The van der Waals surface area contributed by atoms with E-state index < -0.39 is 17.6 Å². The SMILES string of the molecule is CCCCCCCc1ccc2cc(-c3ccc(-c4ccc(C(F)(F)F)c(F)c4)cc3)ccc2c1. The van der Waals surface area contributed by atoms with Crippen LogP contribution in [0.2, 0.25) is 0 Å². The van der Waals surface area contributed by atoms with E-state index in [0.717, 1.165) is 29.7 Å². The van der Waals surface area contributed by atoms with E-state index in [2.05, 4.69) is 43.3 Å². The lowest BCUT2D eigenvalue weighted by atomic mass is 9.96. The van der Waals surface area contributed by atoms with Crippen LogP contribution in [-0.2, 0) is 12.6 Å². The summed E-state index contributed by atoms with van der Waals surface area (Å²) in [6.45, 7) is 2.23. The van der Waals surface area contributed by atoms with Crippen molar-refractivity contribution in [1.29, 1.82) is 0 Å². The molecule has 0 aliphatic rings. The van der Waals surface area contributed by atoms with Crippen molar-refractivity contribution in [3.8, 4) is 22.3 Å². The average molecular weight is 465 g/mol. The smallest absolute Gasteiger partial charge is 0.206 e. The Morgan fingerprint density at radius 1 is 0.588 bits per heavy atom. The van der Waals surface area contributed by atoms with E-state index in [1.54, 1.807) is 0 Å². The van der Waals surface area contributed by atoms with Crippen LogP contribution in [0.5, 0.6) is 0 Å². The Morgan fingerprint density at radius 3 is 1.79 bits per heavy atom. The Labute approximate surface area is 198 Å². The van der Waals surface area contributed by atoms with Crippen molar-refractivity contribution in [2.45, 2.75) is 51.6 Å². The number of aryl methyl sites for hydroxylation is 1. The van der Waals surface area contributed by atoms with Crippen LogP contribution in [-0.4, -0.2) is 0 Å². The second-order valence-electron chi connectivity index (χ2n) is 8.83. The van der Waals surface area contributed by atoms with E-state index >= 15 is 0 Å². The van der Waals surface area contributed by atoms with Gasteiger partial charge in [-0.3, -0.25) is 0 Å². The fourth-order valence-corrected chi connectivity index (χ4v) is 4.34. The molecule has 176 valence electrons. The van der Waals surface area contributed by atoms with E-state index in [4.69, 9.17) is 0 Å². The van der Waals surface area contributed by atoms with Gasteiger partial charge in [0.05, 0.1) is 5.56 Å². The molecule has 0 fully saturated rings. The first-order valence-corrected chi connectivity index (χ1v) is 11.9. The molecule has 0 saturated carbocycles. The summed E-state index contributed by atoms with van der Waals surface area (Å²) in [6, 6.07) is 23.5. The maximum Gasteiger partial charge on any atom is 0.419 e. The lowest BCUT2D eigenvalue weighted by Gasteiger charge is -2.10. The Morgan fingerprint density at radius 2 is 1.15 bits per heavy atom. The lowest BCUT2D eigenvalue weighted by molar-refractivity contribution is -0.139. The third-order valence-corrected chi connectivity index (χ3v) is 6.30. The number of hydrogen-bond acceptors (Lipinski definition) is 0. The Bertz CT molecular complexity index is 1250. The van der Waals surface area contributed by atoms with Crippen molar-refractivity contribution in [1.82, 2.24) is 0 Å². The summed E-state index contributed by atoms with van der Waals surface area (Å²) < 4.78 is 52.4. The standard InChI is InChI=1S/C30H28F4/c1-2-3-4-5-6-7-21-8-9-26-19-25(15-14-24(26)18-21)22-10-12-23(13-11-22)27-16-17-28(29(31)20-27)30(32,33)34/h8-20H,2-7H2,1H3. The van der Waals surface area contributed by atoms with Gasteiger partial charge < -0.3 is 0 Å². The van der Waals surface area contributed by atoms with Crippen molar-refractivity contribution >= 4 is 10.8 Å². The highest BCUT2D eigenvalue weighted by atomic mass is 19.4. The van der Waals surface area contributed by atoms with Crippen LogP contribution in [0.25, 0.3) is 33.0 Å². The van der Waals surface area contributed by atoms with Gasteiger partial charge in [-0.15, -0.1) is 0 Å². The molecule has 0 radical (unpaired) electrons. The molecule has 0 aromatic heterocycles. The third kappa shape index (κ3) is 5.67. The molecule has 4 aromatic rings. The van der Waals surface area contributed by atoms with Gasteiger partial charge in [0.1, 0.15) is 5.82 Å². The molecule has 34 heavy (non-hydrogen) atoms. The zero-order valence-corrected chi connectivity index (χ0v) is 19.3. The normalized spacial score (nSPS) is 11.8. The number of alkyl halides is 3. The number of fused-ring (bicyclic) bond motifs is 1. The van der Waals surface area contributed by atoms with Gasteiger partial charge in [0.15, 0.2) is 0 Å². The summed E-state index contributed by atoms with van der Waals surface area (Å²) in [5, 5.41) is 2.38. The molecule has 0 heterocycles. The van der Waals surface area contributed by atoms with Crippen molar-refractivity contribution in [3.05, 3.63) is 95.8 Å². The van der Waals surface area contributed by atoms with E-state index in [-0.39, 0.29) is 0 Å². The van der Waals surface area contributed by atoms with E-state index in [0.29, 0.717) is 11.1 Å². The predicted octanol–water partition coefficient (Wildman–Crippen LogP) is 9.84. The van der Waals surface area contributed by atoms with Gasteiger partial charge in [-0.25, -0.2) is 4.39 Å². The molecule has 0 atom stereocenters.